The molecule has 7 heteroatoms. The van der Waals surface area contributed by atoms with Crippen LogP contribution in [0.1, 0.15) is 6.92 Å². The molecule has 90 valence electrons. The average Bonchev–Trinajstić information content (AvgIpc) is 2.56. The summed E-state index contributed by atoms with van der Waals surface area (Å²) in [4.78, 5) is 22.2. The lowest BCUT2D eigenvalue weighted by atomic mass is 10.7. The van der Waals surface area contributed by atoms with Crippen molar-refractivity contribution in [3.8, 4) is 0 Å². The highest BCUT2D eigenvalue weighted by Crippen LogP contribution is 2.09. The number of nitrogens with zero attached hydrogens (tertiary/aromatic N) is 1. The van der Waals surface area contributed by atoms with Crippen LogP contribution in [0.2, 0.25) is 0 Å². The van der Waals surface area contributed by atoms with Gasteiger partial charge in [-0.15, -0.1) is 5.01 Å². The molecule has 0 aliphatic carbocycles. The average molecular weight is 230 g/mol. The summed E-state index contributed by atoms with van der Waals surface area (Å²) in [5.41, 5.74) is 2.33. The van der Waals surface area contributed by atoms with Crippen molar-refractivity contribution in [3.63, 3.8) is 0 Å². The fourth-order valence-electron chi connectivity index (χ4n) is 1.07. The smallest absolute Gasteiger partial charge is 0.422 e. The zero-order chi connectivity index (χ0) is 12.0. The van der Waals surface area contributed by atoms with Crippen molar-refractivity contribution in [2.24, 2.45) is 0 Å². The van der Waals surface area contributed by atoms with Crippen LogP contribution in [0, 0.1) is 0 Å². The molecule has 1 rings (SSSR count). The van der Waals surface area contributed by atoms with E-state index in [1.54, 1.807) is 6.92 Å². The predicted molar refractivity (Wildman–Crippen MR) is 52.9 cm³/mol. The lowest BCUT2D eigenvalue weighted by molar-refractivity contribution is -0.191. The summed E-state index contributed by atoms with van der Waals surface area (Å²) >= 11 is 0. The molecule has 1 saturated heterocycles. The van der Waals surface area contributed by atoms with Gasteiger partial charge in [-0.05, 0) is 6.92 Å². The van der Waals surface area contributed by atoms with Gasteiger partial charge in [0.15, 0.2) is 0 Å². The molecule has 0 aromatic carbocycles. The summed E-state index contributed by atoms with van der Waals surface area (Å²) in [5, 5.41) is 1.22. The number of cyclic esters (lactones) is 1. The molecular formula is C9H14N2O5. The van der Waals surface area contributed by atoms with Crippen LogP contribution in [0.5, 0.6) is 0 Å². The summed E-state index contributed by atoms with van der Waals surface area (Å²) in [6.45, 7) is 5.52. The Morgan fingerprint density at radius 1 is 1.81 bits per heavy atom. The van der Waals surface area contributed by atoms with Crippen molar-refractivity contribution < 1.29 is 23.8 Å². The van der Waals surface area contributed by atoms with Crippen LogP contribution in [-0.4, -0.2) is 43.2 Å². The van der Waals surface area contributed by atoms with Gasteiger partial charge in [-0.3, -0.25) is 4.79 Å². The normalized spacial score (nSPS) is 20.3. The van der Waals surface area contributed by atoms with Gasteiger partial charge in [0.25, 0.3) is 6.41 Å². The van der Waals surface area contributed by atoms with E-state index in [1.165, 1.54) is 11.1 Å². The first kappa shape index (κ1) is 12.5. The van der Waals surface area contributed by atoms with Crippen LogP contribution in [-0.2, 0) is 19.0 Å². The maximum absolute atomic E-state index is 11.2. The Kier molecular flexibility index (Phi) is 4.74. The molecule has 1 fully saturated rings. The molecule has 16 heavy (non-hydrogen) atoms. The Morgan fingerprint density at radius 3 is 3.19 bits per heavy atom. The van der Waals surface area contributed by atoms with Gasteiger partial charge in [0.1, 0.15) is 13.2 Å². The Bertz CT molecular complexity index is 281. The Labute approximate surface area is 92.9 Å². The second kappa shape index (κ2) is 6.09. The summed E-state index contributed by atoms with van der Waals surface area (Å²) in [6.07, 6.45) is -0.151. The lowest BCUT2D eigenvalue weighted by Crippen LogP contribution is -2.46. The fraction of sp³-hybridized carbons (Fsp3) is 0.556. The molecule has 1 N–H and O–H groups in total. The minimum atomic E-state index is -0.895. The quantitative estimate of drug-likeness (QED) is 0.529. The number of nitrogens with one attached hydrogen (secondary N) is 1. The third-order valence-electron chi connectivity index (χ3n) is 1.66. The molecule has 1 atom stereocenters. The van der Waals surface area contributed by atoms with E-state index in [9.17, 15) is 9.59 Å². The highest BCUT2D eigenvalue weighted by molar-refractivity contribution is 5.74. The number of esters is 1. The van der Waals surface area contributed by atoms with Crippen molar-refractivity contribution in [1.82, 2.24) is 10.4 Å². The van der Waals surface area contributed by atoms with Crippen LogP contribution in [0.25, 0.3) is 0 Å². The number of rotatable bonds is 5. The third-order valence-corrected chi connectivity index (χ3v) is 1.66. The second-order valence-electron chi connectivity index (χ2n) is 2.88. The van der Waals surface area contributed by atoms with Crippen molar-refractivity contribution >= 4 is 12.1 Å². The maximum atomic E-state index is 11.2. The molecule has 1 aliphatic heterocycles. The van der Waals surface area contributed by atoms with E-state index in [0.717, 1.165) is 0 Å². The van der Waals surface area contributed by atoms with Gasteiger partial charge in [-0.1, -0.05) is 12.7 Å². The van der Waals surface area contributed by atoms with Gasteiger partial charge in [0, 0.05) is 6.61 Å². The summed E-state index contributed by atoms with van der Waals surface area (Å²) in [7, 11) is 0. The number of carbonyl (C=O) groups is 2. The van der Waals surface area contributed by atoms with Gasteiger partial charge in [-0.25, -0.2) is 10.2 Å². The first-order valence-corrected chi connectivity index (χ1v) is 4.79. The van der Waals surface area contributed by atoms with E-state index >= 15 is 0 Å². The minimum absolute atomic E-state index is 0.0755. The summed E-state index contributed by atoms with van der Waals surface area (Å²) in [5.74, 6) is -0.470. The topological polar surface area (TPSA) is 77.1 Å². The Balaban J connectivity index is 2.41. The molecule has 7 nitrogen and oxygen atoms in total. The molecule has 0 bridgehead atoms. The zero-order valence-electron chi connectivity index (χ0n) is 8.97. The minimum Gasteiger partial charge on any atom is -0.444 e. The molecule has 0 spiro atoms. The molecule has 1 heterocycles. The van der Waals surface area contributed by atoms with Crippen LogP contribution < -0.4 is 5.43 Å². The van der Waals surface area contributed by atoms with E-state index in [1.807, 2.05) is 0 Å². The molecule has 0 aromatic heterocycles. The fourth-order valence-corrected chi connectivity index (χ4v) is 1.07. The van der Waals surface area contributed by atoms with E-state index < -0.39 is 18.5 Å². The summed E-state index contributed by atoms with van der Waals surface area (Å²) in [6, 6.07) is 0. The van der Waals surface area contributed by atoms with Crippen LogP contribution in [0.15, 0.2) is 12.7 Å². The number of carbonyl (C=O) groups excluding carboxylic acids is 2. The monoisotopic (exact) mass is 230 g/mol. The number of ether oxygens (including phenoxy) is 3. The van der Waals surface area contributed by atoms with Gasteiger partial charge >= 0.3 is 12.1 Å². The first-order chi connectivity index (χ1) is 7.67. The largest absolute Gasteiger partial charge is 0.444 e. The number of hydrogen-bond acceptors (Lipinski definition) is 6. The SMILES string of the molecule is C=CCOC(=O)NN1CC(=O)OC1OCC. The van der Waals surface area contributed by atoms with Gasteiger partial charge in [0.05, 0.1) is 0 Å². The van der Waals surface area contributed by atoms with Gasteiger partial charge in [0.2, 0.25) is 0 Å². The van der Waals surface area contributed by atoms with Crippen LogP contribution in [0.4, 0.5) is 4.79 Å². The molecule has 0 radical (unpaired) electrons. The zero-order valence-corrected chi connectivity index (χ0v) is 8.97. The lowest BCUT2D eigenvalue weighted by Gasteiger charge is -2.20. The molecular weight excluding hydrogens is 216 g/mol. The van der Waals surface area contributed by atoms with E-state index in [2.05, 4.69) is 16.7 Å². The molecule has 0 saturated carbocycles. The Morgan fingerprint density at radius 2 is 2.56 bits per heavy atom. The van der Waals surface area contributed by atoms with E-state index in [4.69, 9.17) is 9.47 Å². The van der Waals surface area contributed by atoms with Crippen molar-refractivity contribution in [1.29, 1.82) is 0 Å². The predicted octanol–water partition coefficient (Wildman–Crippen LogP) is -0.00750. The number of amides is 1. The maximum Gasteiger partial charge on any atom is 0.422 e. The molecule has 0 aromatic rings. The summed E-state index contributed by atoms with van der Waals surface area (Å²) < 4.78 is 14.6. The second-order valence-corrected chi connectivity index (χ2v) is 2.88. The molecule has 1 amide bonds. The number of hydrogen-bond donors (Lipinski definition) is 1. The first-order valence-electron chi connectivity index (χ1n) is 4.79. The van der Waals surface area contributed by atoms with Crippen LogP contribution in [0.3, 0.4) is 0 Å². The highest BCUT2D eigenvalue weighted by atomic mass is 16.7. The molecule has 1 aliphatic rings. The highest BCUT2D eigenvalue weighted by Gasteiger charge is 2.34. The van der Waals surface area contributed by atoms with E-state index in [-0.39, 0.29) is 13.2 Å². The molecule has 1 unspecified atom stereocenters. The van der Waals surface area contributed by atoms with Crippen molar-refractivity contribution in [2.75, 3.05) is 19.8 Å². The standard InChI is InChI=1S/C9H14N2O5/c1-3-5-15-8(13)10-11-6-7(12)16-9(11)14-4-2/h3,9H,1,4-6H2,2H3,(H,10,13). The van der Waals surface area contributed by atoms with Gasteiger partial charge in [-0.2, -0.15) is 0 Å². The van der Waals surface area contributed by atoms with Gasteiger partial charge < -0.3 is 14.2 Å². The van der Waals surface area contributed by atoms with Crippen molar-refractivity contribution in [2.45, 2.75) is 13.3 Å². The third kappa shape index (κ3) is 3.52. The van der Waals surface area contributed by atoms with E-state index in [0.29, 0.717) is 6.61 Å². The van der Waals surface area contributed by atoms with Crippen molar-refractivity contribution in [3.05, 3.63) is 12.7 Å². The number of hydrazine groups is 1. The van der Waals surface area contributed by atoms with Crippen LogP contribution >= 0.6 is 0 Å². The Hall–Kier alpha value is -1.60.